The second-order valence-electron chi connectivity index (χ2n) is 14.6. The van der Waals surface area contributed by atoms with Crippen LogP contribution in [0.5, 0.6) is 5.75 Å². The molecule has 6 rings (SSSR count). The molecule has 14 nitrogen and oxygen atoms in total. The minimum atomic E-state index is -4.60. The maximum absolute atomic E-state index is 14.0. The van der Waals surface area contributed by atoms with E-state index in [0.29, 0.717) is 16.7 Å². The summed E-state index contributed by atoms with van der Waals surface area (Å²) < 4.78 is 91.6. The van der Waals surface area contributed by atoms with Crippen LogP contribution in [-0.2, 0) is 42.7 Å². The van der Waals surface area contributed by atoms with Gasteiger partial charge in [-0.2, -0.15) is 5.26 Å². The second kappa shape index (κ2) is 14.5. The molecule has 3 fully saturated rings. The van der Waals surface area contributed by atoms with Crippen LogP contribution in [0.2, 0.25) is 5.15 Å². The fourth-order valence-electron chi connectivity index (χ4n) is 6.55. The molecule has 0 amide bonds. The Hall–Kier alpha value is -3.29. The van der Waals surface area contributed by atoms with Gasteiger partial charge in [-0.25, -0.2) is 22.4 Å². The minimum Gasteiger partial charge on any atom is -0.438 e. The summed E-state index contributed by atoms with van der Waals surface area (Å²) in [7, 11) is -8.96. The average molecular weight is 783 g/mol. The van der Waals surface area contributed by atoms with E-state index in [0.717, 1.165) is 49.9 Å². The quantitative estimate of drug-likeness (QED) is 0.0892. The lowest BCUT2D eigenvalue weighted by Gasteiger charge is -2.25. The van der Waals surface area contributed by atoms with E-state index >= 15 is 0 Å². The second-order valence-corrected chi connectivity index (χ2v) is 19.5. The zero-order valence-corrected chi connectivity index (χ0v) is 31.8. The first kappa shape index (κ1) is 38.4. The number of esters is 1. The van der Waals surface area contributed by atoms with E-state index in [2.05, 4.69) is 16.4 Å². The molecule has 0 bridgehead atoms. The number of nitriles is 1. The monoisotopic (exact) mass is 782 g/mol. The Balaban J connectivity index is 1.27. The predicted octanol–water partition coefficient (Wildman–Crippen LogP) is 6.68. The van der Waals surface area contributed by atoms with Crippen LogP contribution in [0.15, 0.2) is 36.5 Å². The van der Waals surface area contributed by atoms with Crippen LogP contribution >= 0.6 is 19.2 Å². The Kier molecular flexibility index (Phi) is 10.7. The third-order valence-electron chi connectivity index (χ3n) is 8.91. The van der Waals surface area contributed by atoms with E-state index in [1.807, 2.05) is 0 Å². The van der Waals surface area contributed by atoms with Gasteiger partial charge in [-0.1, -0.05) is 24.4 Å². The maximum atomic E-state index is 14.0. The summed E-state index contributed by atoms with van der Waals surface area (Å²) in [6.07, 6.45) is 2.01. The maximum Gasteiger partial charge on any atom is 0.397 e. The van der Waals surface area contributed by atoms with Crippen molar-refractivity contribution in [1.82, 2.24) is 9.55 Å². The summed E-state index contributed by atoms with van der Waals surface area (Å²) in [5.74, 6) is -3.21. The fourth-order valence-corrected chi connectivity index (χ4v) is 11.1. The van der Waals surface area contributed by atoms with E-state index in [-0.39, 0.29) is 22.5 Å². The number of aromatic nitrogens is 2. The molecule has 1 unspecified atom stereocenters. The number of rotatable bonds is 12. The van der Waals surface area contributed by atoms with Crippen LogP contribution in [0.3, 0.4) is 0 Å². The molecule has 282 valence electrons. The van der Waals surface area contributed by atoms with Crippen molar-refractivity contribution in [3.05, 3.63) is 53.1 Å². The topological polar surface area (TPSA) is 177 Å². The molecule has 3 aliphatic rings. The van der Waals surface area contributed by atoms with Crippen LogP contribution in [0.1, 0.15) is 72.1 Å². The number of fused-ring (bicyclic) bond motifs is 2. The summed E-state index contributed by atoms with van der Waals surface area (Å²) in [6.45, 7) is 7.33. The molecule has 4 heterocycles. The highest BCUT2D eigenvalue weighted by Gasteiger charge is 2.57. The molecule has 2 saturated heterocycles. The number of hydrogen-bond donors (Lipinski definition) is 1. The van der Waals surface area contributed by atoms with Crippen molar-refractivity contribution < 1.29 is 50.2 Å². The number of halogens is 2. The molecule has 2 aliphatic heterocycles. The van der Waals surface area contributed by atoms with Gasteiger partial charge in [0, 0.05) is 17.6 Å². The summed E-state index contributed by atoms with van der Waals surface area (Å²) >= 11 is 6.55. The molecule has 0 spiro atoms. The lowest BCUT2D eigenvalue weighted by Crippen LogP contribution is -2.35. The van der Waals surface area contributed by atoms with Crippen molar-refractivity contribution in [2.24, 2.45) is 5.41 Å². The van der Waals surface area contributed by atoms with Crippen LogP contribution in [0.4, 0.5) is 10.1 Å². The molecule has 18 heteroatoms. The Morgan fingerprint density at radius 1 is 1.17 bits per heavy atom. The third kappa shape index (κ3) is 8.41. The van der Waals surface area contributed by atoms with Crippen molar-refractivity contribution in [2.45, 2.75) is 96.7 Å². The van der Waals surface area contributed by atoms with Crippen LogP contribution < -0.4 is 9.84 Å². The van der Waals surface area contributed by atoms with E-state index in [1.165, 1.54) is 0 Å². The highest BCUT2D eigenvalue weighted by molar-refractivity contribution is 7.97. The van der Waals surface area contributed by atoms with Gasteiger partial charge in [-0.05, 0) is 77.8 Å². The number of nitrogens with one attached hydrogen (secondary N) is 1. The predicted molar refractivity (Wildman–Crippen MR) is 188 cm³/mol. The van der Waals surface area contributed by atoms with Gasteiger partial charge in [0.1, 0.15) is 47.2 Å². The number of pyridine rings is 1. The number of carbonyl (C=O) groups is 1. The van der Waals surface area contributed by atoms with E-state index in [4.69, 9.17) is 39.6 Å². The molecule has 1 saturated carbocycles. The number of sulfone groups is 1. The third-order valence-corrected chi connectivity index (χ3v) is 13.9. The van der Waals surface area contributed by atoms with Gasteiger partial charge >= 0.3 is 13.6 Å². The average Bonchev–Trinajstić information content (AvgIpc) is 3.83. The first-order valence-corrected chi connectivity index (χ1v) is 20.7. The number of carbonyl (C=O) groups excluding carboxylic acids is 1. The van der Waals surface area contributed by atoms with Gasteiger partial charge in [0.2, 0.25) is 6.79 Å². The smallest absolute Gasteiger partial charge is 0.397 e. The van der Waals surface area contributed by atoms with Gasteiger partial charge in [0.15, 0.2) is 32.5 Å². The molecule has 5 atom stereocenters. The van der Waals surface area contributed by atoms with Crippen molar-refractivity contribution in [2.75, 3.05) is 23.4 Å². The van der Waals surface area contributed by atoms with Crippen LogP contribution in [-0.4, -0.2) is 72.1 Å². The molecular formula is C34H41ClFN4O10PS. The number of ether oxygens (including phenoxy) is 4. The standard InChI is InChI=1S/C34H41ClFN4O10PS/c1-33(2,3)32(41)45-18-46-51(42,50-22-12-10-20(36)11-13-22)19-52(43,44)17-25-27-28(49-34(4,5)48-27)31(47-25)40-15-14-23-26(38-21-8-6-7-9-21)24(16-37)29(35)39-30(23)40/h10-15,21,25,27-28,31H,6-9,17-19H2,1-5H3,(H,38,39)/t25-,27-,28-,31-,51?/m1/s1. The Morgan fingerprint density at radius 3 is 2.50 bits per heavy atom. The molecule has 0 radical (unpaired) electrons. The molecule has 2 aromatic heterocycles. The van der Waals surface area contributed by atoms with E-state index in [1.54, 1.807) is 51.4 Å². The van der Waals surface area contributed by atoms with Crippen LogP contribution in [0.25, 0.3) is 11.0 Å². The zero-order valence-electron chi connectivity index (χ0n) is 29.3. The van der Waals surface area contributed by atoms with Gasteiger partial charge in [0.05, 0.1) is 16.9 Å². The number of anilines is 1. The molecule has 1 N–H and O–H groups in total. The summed E-state index contributed by atoms with van der Waals surface area (Å²) in [4.78, 5) is 16.8. The van der Waals surface area contributed by atoms with Gasteiger partial charge in [-0.15, -0.1) is 0 Å². The van der Waals surface area contributed by atoms with Gasteiger partial charge in [0.25, 0.3) is 0 Å². The number of hydrogen-bond acceptors (Lipinski definition) is 13. The zero-order chi connectivity index (χ0) is 37.6. The van der Waals surface area contributed by atoms with Crippen LogP contribution in [0, 0.1) is 22.6 Å². The van der Waals surface area contributed by atoms with Gasteiger partial charge < -0.3 is 33.4 Å². The van der Waals surface area contributed by atoms with Crippen molar-refractivity contribution >= 4 is 51.7 Å². The largest absolute Gasteiger partial charge is 0.438 e. The van der Waals surface area contributed by atoms with Crippen molar-refractivity contribution in [1.29, 1.82) is 5.26 Å². The van der Waals surface area contributed by atoms with Crippen molar-refractivity contribution in [3.8, 4) is 11.8 Å². The normalized spacial score (nSPS) is 24.3. The van der Waals surface area contributed by atoms with Gasteiger partial charge in [-0.3, -0.25) is 9.32 Å². The summed E-state index contributed by atoms with van der Waals surface area (Å²) in [6, 6.07) is 8.52. The Labute approximate surface area is 306 Å². The minimum absolute atomic E-state index is 0.00173. The highest BCUT2D eigenvalue weighted by atomic mass is 35.5. The first-order valence-electron chi connectivity index (χ1n) is 16.8. The lowest BCUT2D eigenvalue weighted by atomic mass is 9.98. The van der Waals surface area contributed by atoms with E-state index < -0.39 is 83.0 Å². The molecule has 52 heavy (non-hydrogen) atoms. The van der Waals surface area contributed by atoms with E-state index in [9.17, 15) is 27.4 Å². The summed E-state index contributed by atoms with van der Waals surface area (Å²) in [5, 5.41) is 14.1. The Bertz CT molecular complexity index is 2030. The molecule has 1 aliphatic carbocycles. The molecule has 3 aromatic rings. The number of nitrogens with zero attached hydrogens (tertiary/aromatic N) is 3. The number of benzene rings is 1. The SMILES string of the molecule is CC1(C)O[C@@H]2[C@H](O1)[C@@H](CS(=O)(=O)CP(=O)(OCOC(=O)C(C)(C)C)Oc1ccc(F)cc1)O[C@H]2n1ccc2c(NC3CCCC3)c(C#N)c(Cl)nc21. The first-order chi connectivity index (χ1) is 24.4. The van der Waals surface area contributed by atoms with Crippen molar-refractivity contribution in [3.63, 3.8) is 0 Å². The fraction of sp³-hybridized carbons (Fsp3) is 0.559. The molecular weight excluding hydrogens is 742 g/mol. The lowest BCUT2D eigenvalue weighted by molar-refractivity contribution is -0.193. The summed E-state index contributed by atoms with van der Waals surface area (Å²) in [5.41, 5.74) is -0.879. The Morgan fingerprint density at radius 2 is 1.85 bits per heavy atom. The highest BCUT2D eigenvalue weighted by Crippen LogP contribution is 2.51. The molecule has 1 aromatic carbocycles.